The third-order valence-corrected chi connectivity index (χ3v) is 3.55. The van der Waals surface area contributed by atoms with Crippen LogP contribution in [0.1, 0.15) is 13.8 Å². The second kappa shape index (κ2) is 9.39. The maximum Gasteiger partial charge on any atom is 0.321 e. The molecule has 6 heteroatoms. The van der Waals surface area contributed by atoms with Gasteiger partial charge in [-0.25, -0.2) is 4.79 Å². The van der Waals surface area contributed by atoms with Crippen LogP contribution in [0.4, 0.5) is 4.79 Å². The highest BCUT2D eigenvalue weighted by molar-refractivity contribution is 7.99. The molecule has 0 bridgehead atoms. The van der Waals surface area contributed by atoms with Crippen molar-refractivity contribution < 1.29 is 9.59 Å². The summed E-state index contributed by atoms with van der Waals surface area (Å²) in [6, 6.07) is 9.23. The molecule has 0 spiro atoms. The maximum atomic E-state index is 11.7. The molecule has 0 aliphatic heterocycles. The minimum atomic E-state index is -0.454. The van der Waals surface area contributed by atoms with Gasteiger partial charge in [-0.3, -0.25) is 10.1 Å². The standard InChI is InChI=1S/C14H21N3O2S/c1-3-15-14(19)17-13(18)11(2)16-9-10-20-12-7-5-4-6-8-12/h4-8,11,16H,3,9-10H2,1-2H3,(H2,15,17,18,19). The van der Waals surface area contributed by atoms with Crippen molar-refractivity contribution >= 4 is 23.7 Å². The Morgan fingerprint density at radius 1 is 1.25 bits per heavy atom. The van der Waals surface area contributed by atoms with E-state index in [4.69, 9.17) is 0 Å². The van der Waals surface area contributed by atoms with E-state index in [1.54, 1.807) is 25.6 Å². The summed E-state index contributed by atoms with van der Waals surface area (Å²) in [5.41, 5.74) is 0. The summed E-state index contributed by atoms with van der Waals surface area (Å²) in [4.78, 5) is 24.1. The molecule has 1 rings (SSSR count). The Kier molecular flexibility index (Phi) is 7.75. The van der Waals surface area contributed by atoms with Crippen LogP contribution in [0.15, 0.2) is 35.2 Å². The van der Waals surface area contributed by atoms with E-state index < -0.39 is 12.1 Å². The zero-order chi connectivity index (χ0) is 14.8. The first kappa shape index (κ1) is 16.5. The lowest BCUT2D eigenvalue weighted by atomic mass is 10.3. The Labute approximate surface area is 123 Å². The lowest BCUT2D eigenvalue weighted by Gasteiger charge is -2.13. The predicted octanol–water partition coefficient (Wildman–Crippen LogP) is 1.60. The zero-order valence-corrected chi connectivity index (χ0v) is 12.6. The van der Waals surface area contributed by atoms with Gasteiger partial charge >= 0.3 is 6.03 Å². The highest BCUT2D eigenvalue weighted by atomic mass is 32.2. The van der Waals surface area contributed by atoms with Crippen molar-refractivity contribution in [3.8, 4) is 0 Å². The Morgan fingerprint density at radius 3 is 2.60 bits per heavy atom. The molecular weight excluding hydrogens is 274 g/mol. The fourth-order valence-corrected chi connectivity index (χ4v) is 2.28. The third kappa shape index (κ3) is 6.58. The molecule has 20 heavy (non-hydrogen) atoms. The normalized spacial score (nSPS) is 11.7. The molecular formula is C14H21N3O2S. The summed E-state index contributed by atoms with van der Waals surface area (Å²) in [6.45, 7) is 4.73. The first-order valence-electron chi connectivity index (χ1n) is 6.63. The monoisotopic (exact) mass is 295 g/mol. The molecule has 1 aromatic carbocycles. The van der Waals surface area contributed by atoms with Crippen molar-refractivity contribution in [2.24, 2.45) is 0 Å². The number of hydrogen-bond acceptors (Lipinski definition) is 4. The minimum absolute atomic E-state index is 0.319. The number of urea groups is 1. The van der Waals surface area contributed by atoms with Crippen LogP contribution in [-0.4, -0.2) is 36.8 Å². The summed E-state index contributed by atoms with van der Waals surface area (Å²) in [6.07, 6.45) is 0. The van der Waals surface area contributed by atoms with Crippen molar-refractivity contribution in [3.63, 3.8) is 0 Å². The lowest BCUT2D eigenvalue weighted by Crippen LogP contribution is -2.48. The van der Waals surface area contributed by atoms with Gasteiger partial charge in [-0.05, 0) is 26.0 Å². The van der Waals surface area contributed by atoms with Gasteiger partial charge in [0.2, 0.25) is 5.91 Å². The van der Waals surface area contributed by atoms with Gasteiger partial charge in [-0.1, -0.05) is 18.2 Å². The molecule has 0 aliphatic rings. The number of carbonyl (C=O) groups is 2. The molecule has 3 amide bonds. The zero-order valence-electron chi connectivity index (χ0n) is 11.8. The number of hydrogen-bond donors (Lipinski definition) is 3. The number of thioether (sulfide) groups is 1. The Bertz CT molecular complexity index is 426. The van der Waals surface area contributed by atoms with E-state index in [1.165, 1.54) is 4.90 Å². The molecule has 5 nitrogen and oxygen atoms in total. The summed E-state index contributed by atoms with van der Waals surface area (Å²) in [5.74, 6) is 0.545. The van der Waals surface area contributed by atoms with Gasteiger partial charge in [0.1, 0.15) is 0 Å². The topological polar surface area (TPSA) is 70.2 Å². The molecule has 1 aromatic rings. The Morgan fingerprint density at radius 2 is 1.95 bits per heavy atom. The summed E-state index contributed by atoms with van der Waals surface area (Å²) >= 11 is 1.72. The first-order valence-corrected chi connectivity index (χ1v) is 7.62. The van der Waals surface area contributed by atoms with Crippen LogP contribution in [-0.2, 0) is 4.79 Å². The van der Waals surface area contributed by atoms with Crippen molar-refractivity contribution in [1.82, 2.24) is 16.0 Å². The van der Waals surface area contributed by atoms with Crippen LogP contribution in [0.3, 0.4) is 0 Å². The van der Waals surface area contributed by atoms with E-state index in [-0.39, 0.29) is 5.91 Å². The van der Waals surface area contributed by atoms with Crippen molar-refractivity contribution in [1.29, 1.82) is 0 Å². The smallest absolute Gasteiger partial charge is 0.321 e. The molecule has 1 unspecified atom stereocenters. The average molecular weight is 295 g/mol. The molecule has 0 aliphatic carbocycles. The SMILES string of the molecule is CCNC(=O)NC(=O)C(C)NCCSc1ccccc1. The number of benzene rings is 1. The number of imide groups is 1. The first-order chi connectivity index (χ1) is 9.63. The van der Waals surface area contributed by atoms with Gasteiger partial charge in [0.25, 0.3) is 0 Å². The Balaban J connectivity index is 2.17. The molecule has 0 saturated carbocycles. The summed E-state index contributed by atoms with van der Waals surface area (Å²) < 4.78 is 0. The fourth-order valence-electron chi connectivity index (χ4n) is 1.48. The molecule has 0 fully saturated rings. The van der Waals surface area contributed by atoms with Crippen LogP contribution in [0.2, 0.25) is 0 Å². The van der Waals surface area contributed by atoms with Crippen LogP contribution < -0.4 is 16.0 Å². The van der Waals surface area contributed by atoms with Crippen LogP contribution in [0.5, 0.6) is 0 Å². The minimum Gasteiger partial charge on any atom is -0.338 e. The second-order valence-electron chi connectivity index (χ2n) is 4.19. The molecule has 1 atom stereocenters. The molecule has 0 heterocycles. The van der Waals surface area contributed by atoms with Crippen LogP contribution in [0.25, 0.3) is 0 Å². The molecule has 0 radical (unpaired) electrons. The van der Waals surface area contributed by atoms with E-state index in [9.17, 15) is 9.59 Å². The number of amides is 3. The van der Waals surface area contributed by atoms with Crippen molar-refractivity contribution in [3.05, 3.63) is 30.3 Å². The van der Waals surface area contributed by atoms with Crippen molar-refractivity contribution in [2.75, 3.05) is 18.8 Å². The van der Waals surface area contributed by atoms with E-state index in [0.29, 0.717) is 13.1 Å². The quantitative estimate of drug-likeness (QED) is 0.528. The highest BCUT2D eigenvalue weighted by Crippen LogP contribution is 2.15. The second-order valence-corrected chi connectivity index (χ2v) is 5.35. The fraction of sp³-hybridized carbons (Fsp3) is 0.429. The van der Waals surface area contributed by atoms with Crippen LogP contribution in [0, 0.1) is 0 Å². The lowest BCUT2D eigenvalue weighted by molar-refractivity contribution is -0.121. The largest absolute Gasteiger partial charge is 0.338 e. The van der Waals surface area contributed by atoms with E-state index >= 15 is 0 Å². The van der Waals surface area contributed by atoms with E-state index in [1.807, 2.05) is 18.2 Å². The van der Waals surface area contributed by atoms with Crippen LogP contribution >= 0.6 is 11.8 Å². The molecule has 0 aromatic heterocycles. The molecule has 0 saturated heterocycles. The van der Waals surface area contributed by atoms with E-state index in [0.717, 1.165) is 5.75 Å². The highest BCUT2D eigenvalue weighted by Gasteiger charge is 2.14. The Hall–Kier alpha value is -1.53. The van der Waals surface area contributed by atoms with Gasteiger partial charge in [0, 0.05) is 23.7 Å². The summed E-state index contributed by atoms with van der Waals surface area (Å²) in [5, 5.41) is 7.89. The number of nitrogens with one attached hydrogen (secondary N) is 3. The number of carbonyl (C=O) groups excluding carboxylic acids is 2. The average Bonchev–Trinajstić information content (AvgIpc) is 2.44. The van der Waals surface area contributed by atoms with E-state index in [2.05, 4.69) is 28.1 Å². The van der Waals surface area contributed by atoms with Crippen molar-refractivity contribution in [2.45, 2.75) is 24.8 Å². The van der Waals surface area contributed by atoms with Gasteiger partial charge in [-0.2, -0.15) is 0 Å². The van der Waals surface area contributed by atoms with Gasteiger partial charge < -0.3 is 10.6 Å². The maximum absolute atomic E-state index is 11.7. The molecule has 3 N–H and O–H groups in total. The predicted molar refractivity (Wildman–Crippen MR) is 81.8 cm³/mol. The van der Waals surface area contributed by atoms with Gasteiger partial charge in [0.15, 0.2) is 0 Å². The third-order valence-electron chi connectivity index (χ3n) is 2.53. The van der Waals surface area contributed by atoms with Gasteiger partial charge in [0.05, 0.1) is 6.04 Å². The summed E-state index contributed by atoms with van der Waals surface area (Å²) in [7, 11) is 0. The molecule has 110 valence electrons. The van der Waals surface area contributed by atoms with Gasteiger partial charge in [-0.15, -0.1) is 11.8 Å². The number of rotatable bonds is 7.